The third-order valence-electron chi connectivity index (χ3n) is 3.25. The van der Waals surface area contributed by atoms with E-state index in [1.807, 2.05) is 0 Å². The number of rotatable bonds is 9. The van der Waals surface area contributed by atoms with Gasteiger partial charge in [-0.1, -0.05) is 57.6 Å². The van der Waals surface area contributed by atoms with E-state index in [1.165, 1.54) is 12.3 Å². The number of oxime groups is 1. The molecule has 29 heavy (non-hydrogen) atoms. The Hall–Kier alpha value is -2.19. The molecule has 0 unspecified atom stereocenters. The highest BCUT2D eigenvalue weighted by atomic mass is 35.5. The van der Waals surface area contributed by atoms with Gasteiger partial charge in [-0.3, -0.25) is 4.79 Å². The molecule has 0 bridgehead atoms. The Bertz CT molecular complexity index is 922. The van der Waals surface area contributed by atoms with Crippen molar-refractivity contribution in [2.24, 2.45) is 16.0 Å². The molecule has 0 saturated carbocycles. The number of hydrogen-bond acceptors (Lipinski definition) is 5. The van der Waals surface area contributed by atoms with Crippen LogP contribution in [0, 0.1) is 0 Å². The molecule has 3 N–H and O–H groups in total. The molecular weight excluding hydrogens is 462 g/mol. The Kier molecular flexibility index (Phi) is 9.34. The van der Waals surface area contributed by atoms with E-state index in [4.69, 9.17) is 61.7 Å². The highest BCUT2D eigenvalue weighted by Gasteiger charge is 2.05. The minimum atomic E-state index is -0.436. The minimum Gasteiger partial charge on any atom is -0.484 e. The van der Waals surface area contributed by atoms with Crippen LogP contribution in [0.2, 0.25) is 20.1 Å². The molecule has 0 spiro atoms. The van der Waals surface area contributed by atoms with Gasteiger partial charge in [0, 0.05) is 20.6 Å². The van der Waals surface area contributed by atoms with Crippen molar-refractivity contribution < 1.29 is 14.4 Å². The summed E-state index contributed by atoms with van der Waals surface area (Å²) in [5.41, 5.74) is 8.67. The Morgan fingerprint density at radius 3 is 2.45 bits per heavy atom. The normalized spacial score (nSPS) is 11.5. The van der Waals surface area contributed by atoms with E-state index in [9.17, 15) is 4.79 Å². The van der Waals surface area contributed by atoms with E-state index in [1.54, 1.807) is 30.3 Å². The van der Waals surface area contributed by atoms with Crippen LogP contribution < -0.4 is 15.9 Å². The second-order valence-electron chi connectivity index (χ2n) is 5.50. The summed E-state index contributed by atoms with van der Waals surface area (Å²) in [6, 6.07) is 9.78. The molecule has 0 aliphatic rings. The zero-order valence-electron chi connectivity index (χ0n) is 14.9. The van der Waals surface area contributed by atoms with Crippen molar-refractivity contribution in [2.45, 2.75) is 13.0 Å². The van der Waals surface area contributed by atoms with Crippen molar-refractivity contribution in [1.29, 1.82) is 0 Å². The molecule has 0 atom stereocenters. The molecule has 11 heteroatoms. The molecule has 7 nitrogen and oxygen atoms in total. The summed E-state index contributed by atoms with van der Waals surface area (Å²) >= 11 is 23.6. The standard InChI is InChI=1S/C18H16Cl4N4O3/c19-12-2-1-11(14(21)7-12)9-29-24-6-5-18(27)26-25-17(23)10-28-16-4-3-13(20)8-15(16)22/h1-4,6-8H,5,9-10H2,(H2,23,25)(H,26,27)/b24-6-. The number of ether oxygens (including phenoxy) is 1. The lowest BCUT2D eigenvalue weighted by atomic mass is 10.2. The van der Waals surface area contributed by atoms with Gasteiger partial charge in [0.1, 0.15) is 19.0 Å². The first-order valence-corrected chi connectivity index (χ1v) is 9.63. The zero-order chi connectivity index (χ0) is 21.2. The summed E-state index contributed by atoms with van der Waals surface area (Å²) in [7, 11) is 0. The van der Waals surface area contributed by atoms with E-state index in [-0.39, 0.29) is 25.5 Å². The first kappa shape index (κ1) is 23.1. The molecule has 2 rings (SSSR count). The molecule has 0 aliphatic heterocycles. The molecule has 0 heterocycles. The lowest BCUT2D eigenvalue weighted by molar-refractivity contribution is -0.119. The van der Waals surface area contributed by atoms with E-state index in [0.29, 0.717) is 25.8 Å². The summed E-state index contributed by atoms with van der Waals surface area (Å²) in [4.78, 5) is 16.8. The van der Waals surface area contributed by atoms with Gasteiger partial charge in [0.05, 0.1) is 17.7 Å². The summed E-state index contributed by atoms with van der Waals surface area (Å²) in [5, 5.41) is 9.22. The Labute approximate surface area is 187 Å². The lowest BCUT2D eigenvalue weighted by Gasteiger charge is -2.07. The fourth-order valence-electron chi connectivity index (χ4n) is 1.87. The quantitative estimate of drug-likeness (QED) is 0.311. The number of amides is 1. The number of nitrogens with one attached hydrogen (secondary N) is 1. The second-order valence-corrected chi connectivity index (χ2v) is 7.19. The fraction of sp³-hybridized carbons (Fsp3) is 0.167. The average Bonchev–Trinajstić information content (AvgIpc) is 2.67. The number of benzene rings is 2. The van der Waals surface area contributed by atoms with Gasteiger partial charge in [0.15, 0.2) is 5.84 Å². The van der Waals surface area contributed by atoms with E-state index >= 15 is 0 Å². The van der Waals surface area contributed by atoms with Crippen LogP contribution in [-0.4, -0.2) is 24.6 Å². The molecule has 2 aromatic rings. The lowest BCUT2D eigenvalue weighted by Crippen LogP contribution is -2.27. The van der Waals surface area contributed by atoms with Crippen LogP contribution >= 0.6 is 46.4 Å². The van der Waals surface area contributed by atoms with Crippen LogP contribution in [-0.2, 0) is 16.2 Å². The van der Waals surface area contributed by atoms with Gasteiger partial charge in [-0.05, 0) is 30.3 Å². The summed E-state index contributed by atoms with van der Waals surface area (Å²) < 4.78 is 5.39. The molecular formula is C18H16Cl4N4O3. The number of amidine groups is 1. The van der Waals surface area contributed by atoms with E-state index < -0.39 is 5.91 Å². The molecule has 154 valence electrons. The second kappa shape index (κ2) is 11.7. The summed E-state index contributed by atoms with van der Waals surface area (Å²) in [6.07, 6.45) is 1.23. The Balaban J connectivity index is 1.69. The van der Waals surface area contributed by atoms with Crippen molar-refractivity contribution in [2.75, 3.05) is 6.61 Å². The maximum absolute atomic E-state index is 11.7. The van der Waals surface area contributed by atoms with Crippen molar-refractivity contribution in [1.82, 2.24) is 5.43 Å². The van der Waals surface area contributed by atoms with Gasteiger partial charge in [0.2, 0.25) is 5.91 Å². The van der Waals surface area contributed by atoms with Crippen molar-refractivity contribution in [3.63, 3.8) is 0 Å². The first-order chi connectivity index (χ1) is 13.8. The van der Waals surface area contributed by atoms with Crippen LogP contribution in [0.5, 0.6) is 5.75 Å². The molecule has 0 aromatic heterocycles. The maximum atomic E-state index is 11.7. The van der Waals surface area contributed by atoms with Gasteiger partial charge < -0.3 is 15.3 Å². The predicted octanol–water partition coefficient (Wildman–Crippen LogP) is 4.66. The molecule has 0 fully saturated rings. The number of hydrazone groups is 1. The van der Waals surface area contributed by atoms with Gasteiger partial charge in [-0.15, -0.1) is 0 Å². The molecule has 0 radical (unpaired) electrons. The highest BCUT2D eigenvalue weighted by molar-refractivity contribution is 6.35. The Morgan fingerprint density at radius 2 is 1.76 bits per heavy atom. The fourth-order valence-corrected chi connectivity index (χ4v) is 2.80. The van der Waals surface area contributed by atoms with Gasteiger partial charge in [-0.25, -0.2) is 5.43 Å². The number of nitrogens with two attached hydrogens (primary N) is 1. The number of halogens is 4. The summed E-state index contributed by atoms with van der Waals surface area (Å²) in [6.45, 7) is 0.0739. The van der Waals surface area contributed by atoms with Crippen molar-refractivity contribution in [3.8, 4) is 5.75 Å². The number of nitrogens with zero attached hydrogens (tertiary/aromatic N) is 2. The van der Waals surface area contributed by atoms with E-state index in [2.05, 4.69) is 15.7 Å². The minimum absolute atomic E-state index is 0.0509. The summed E-state index contributed by atoms with van der Waals surface area (Å²) in [5.74, 6) is 0.00917. The van der Waals surface area contributed by atoms with E-state index in [0.717, 1.165) is 5.56 Å². The number of carbonyl (C=O) groups excluding carboxylic acids is 1. The van der Waals surface area contributed by atoms with Crippen LogP contribution in [0.15, 0.2) is 46.7 Å². The van der Waals surface area contributed by atoms with Crippen LogP contribution in [0.1, 0.15) is 12.0 Å². The monoisotopic (exact) mass is 476 g/mol. The van der Waals surface area contributed by atoms with Crippen molar-refractivity contribution >= 4 is 64.4 Å². The van der Waals surface area contributed by atoms with Gasteiger partial charge in [-0.2, -0.15) is 5.10 Å². The smallest absolute Gasteiger partial charge is 0.245 e. The number of hydrogen-bond donors (Lipinski definition) is 2. The highest BCUT2D eigenvalue weighted by Crippen LogP contribution is 2.27. The van der Waals surface area contributed by atoms with Crippen LogP contribution in [0.25, 0.3) is 0 Å². The third-order valence-corrected chi connectivity index (χ3v) is 4.37. The largest absolute Gasteiger partial charge is 0.484 e. The molecule has 1 amide bonds. The topological polar surface area (TPSA) is 98.3 Å². The number of carbonyl (C=O) groups is 1. The maximum Gasteiger partial charge on any atom is 0.245 e. The molecule has 0 saturated heterocycles. The average molecular weight is 478 g/mol. The Morgan fingerprint density at radius 1 is 1.07 bits per heavy atom. The van der Waals surface area contributed by atoms with Gasteiger partial charge in [0.25, 0.3) is 0 Å². The van der Waals surface area contributed by atoms with Crippen LogP contribution in [0.4, 0.5) is 0 Å². The molecule has 2 aromatic carbocycles. The van der Waals surface area contributed by atoms with Gasteiger partial charge >= 0.3 is 0 Å². The van der Waals surface area contributed by atoms with Crippen molar-refractivity contribution in [3.05, 3.63) is 62.1 Å². The third kappa shape index (κ3) is 8.37. The predicted molar refractivity (Wildman–Crippen MR) is 116 cm³/mol. The SMILES string of the molecule is NC(COc1ccc(Cl)cc1Cl)=NNC(=O)C/C=N\OCc1ccc(Cl)cc1Cl. The first-order valence-electron chi connectivity index (χ1n) is 8.11. The molecule has 0 aliphatic carbocycles. The van der Waals surface area contributed by atoms with Crippen LogP contribution in [0.3, 0.4) is 0 Å². The zero-order valence-corrected chi connectivity index (χ0v) is 17.9.